The van der Waals surface area contributed by atoms with Crippen LogP contribution >= 0.6 is 0 Å². The van der Waals surface area contributed by atoms with Crippen molar-refractivity contribution >= 4 is 5.97 Å². The normalized spacial score (nSPS) is 19.4. The van der Waals surface area contributed by atoms with E-state index >= 15 is 0 Å². The third-order valence-corrected chi connectivity index (χ3v) is 2.73. The zero-order valence-corrected chi connectivity index (χ0v) is 10.1. The largest absolute Gasteiger partial charge is 0.480 e. The number of carboxylic acids is 1. The lowest BCUT2D eigenvalue weighted by molar-refractivity contribution is -0.164. The van der Waals surface area contributed by atoms with Crippen molar-refractivity contribution in [1.29, 1.82) is 0 Å². The van der Waals surface area contributed by atoms with Gasteiger partial charge in [0.2, 0.25) is 0 Å². The Morgan fingerprint density at radius 2 is 2.12 bits per heavy atom. The predicted molar refractivity (Wildman–Crippen MR) is 59.5 cm³/mol. The second-order valence-corrected chi connectivity index (χ2v) is 4.54. The maximum absolute atomic E-state index is 10.4. The van der Waals surface area contributed by atoms with Crippen LogP contribution in [0.4, 0.5) is 0 Å². The molecule has 0 aliphatic carbocycles. The fourth-order valence-corrected chi connectivity index (χ4v) is 1.97. The summed E-state index contributed by atoms with van der Waals surface area (Å²) in [6.07, 6.45) is 2.18. The smallest absolute Gasteiger partial charge is 0.329 e. The number of carbonyl (C=O) groups is 1. The molecule has 1 aliphatic rings. The van der Waals surface area contributed by atoms with Gasteiger partial charge in [-0.15, -0.1) is 0 Å². The van der Waals surface area contributed by atoms with E-state index in [0.717, 1.165) is 39.1 Å². The highest BCUT2D eigenvalue weighted by Crippen LogP contribution is 2.24. The van der Waals surface area contributed by atoms with Crippen molar-refractivity contribution < 1.29 is 19.4 Å². The first-order valence-electron chi connectivity index (χ1n) is 5.63. The average molecular weight is 231 g/mol. The molecule has 1 aliphatic heterocycles. The van der Waals surface area contributed by atoms with Gasteiger partial charge in [0.25, 0.3) is 0 Å². The highest BCUT2D eigenvalue weighted by molar-refractivity contribution is 5.68. The summed E-state index contributed by atoms with van der Waals surface area (Å²) in [5.41, 5.74) is -0.264. The van der Waals surface area contributed by atoms with E-state index in [2.05, 4.69) is 4.90 Å². The van der Waals surface area contributed by atoms with Crippen molar-refractivity contribution in [3.63, 3.8) is 0 Å². The average Bonchev–Trinajstić information content (AvgIpc) is 2.18. The molecule has 1 rings (SSSR count). The fourth-order valence-electron chi connectivity index (χ4n) is 1.97. The third-order valence-electron chi connectivity index (χ3n) is 2.73. The minimum absolute atomic E-state index is 0.200. The Hall–Kier alpha value is -0.650. The van der Waals surface area contributed by atoms with Gasteiger partial charge >= 0.3 is 5.97 Å². The second-order valence-electron chi connectivity index (χ2n) is 4.54. The van der Waals surface area contributed by atoms with Crippen molar-refractivity contribution in [3.8, 4) is 0 Å². The zero-order valence-electron chi connectivity index (χ0n) is 10.1. The summed E-state index contributed by atoms with van der Waals surface area (Å²) in [5, 5.41) is 8.51. The Kier molecular flexibility index (Phi) is 5.18. The number of carboxylic acid groups (broad SMARTS) is 1. The van der Waals surface area contributed by atoms with Gasteiger partial charge in [-0.2, -0.15) is 0 Å². The summed E-state index contributed by atoms with van der Waals surface area (Å²) in [6, 6.07) is 0. The number of likely N-dealkylation sites (tertiary alicyclic amines) is 1. The van der Waals surface area contributed by atoms with Crippen LogP contribution < -0.4 is 0 Å². The van der Waals surface area contributed by atoms with Gasteiger partial charge in [-0.05, 0) is 26.3 Å². The quantitative estimate of drug-likeness (QED) is 0.619. The van der Waals surface area contributed by atoms with Crippen LogP contribution in [0.1, 0.15) is 19.8 Å². The van der Waals surface area contributed by atoms with Gasteiger partial charge in [0.05, 0.1) is 5.60 Å². The SMILES string of the molecule is COCCCCN1CC(C)(OCC(=O)O)C1. The molecule has 0 aromatic rings. The fraction of sp³-hybridized carbons (Fsp3) is 0.909. The highest BCUT2D eigenvalue weighted by atomic mass is 16.5. The van der Waals surface area contributed by atoms with Crippen LogP contribution in [0.5, 0.6) is 0 Å². The standard InChI is InChI=1S/C11H21NO4/c1-11(16-7-10(13)14)8-12(9-11)5-3-4-6-15-2/h3-9H2,1-2H3,(H,13,14). The van der Waals surface area contributed by atoms with Crippen molar-refractivity contribution in [2.24, 2.45) is 0 Å². The number of unbranched alkanes of at least 4 members (excludes halogenated alkanes) is 1. The van der Waals surface area contributed by atoms with E-state index in [1.807, 2.05) is 6.92 Å². The molecule has 94 valence electrons. The van der Waals surface area contributed by atoms with Gasteiger partial charge in [-0.1, -0.05) is 0 Å². The molecule has 0 bridgehead atoms. The monoisotopic (exact) mass is 231 g/mol. The summed E-state index contributed by atoms with van der Waals surface area (Å²) in [4.78, 5) is 12.6. The van der Waals surface area contributed by atoms with Crippen LogP contribution in [0.15, 0.2) is 0 Å². The number of hydrogen-bond acceptors (Lipinski definition) is 4. The Balaban J connectivity index is 2.04. The summed E-state index contributed by atoms with van der Waals surface area (Å²) >= 11 is 0. The number of rotatable bonds is 8. The number of ether oxygens (including phenoxy) is 2. The molecule has 0 saturated carbocycles. The van der Waals surface area contributed by atoms with E-state index in [4.69, 9.17) is 14.6 Å². The lowest BCUT2D eigenvalue weighted by Gasteiger charge is -2.47. The maximum atomic E-state index is 10.4. The molecule has 16 heavy (non-hydrogen) atoms. The van der Waals surface area contributed by atoms with Crippen molar-refractivity contribution in [2.45, 2.75) is 25.4 Å². The van der Waals surface area contributed by atoms with E-state index in [1.54, 1.807) is 7.11 Å². The molecule has 0 aromatic heterocycles. The number of hydrogen-bond donors (Lipinski definition) is 1. The molecule has 0 spiro atoms. The molecule has 5 nitrogen and oxygen atoms in total. The molecule has 0 unspecified atom stereocenters. The van der Waals surface area contributed by atoms with E-state index in [9.17, 15) is 4.79 Å². The summed E-state index contributed by atoms with van der Waals surface area (Å²) in [6.45, 7) is 5.26. The molecule has 0 atom stereocenters. The summed E-state index contributed by atoms with van der Waals surface area (Å²) in [5.74, 6) is -0.903. The van der Waals surface area contributed by atoms with E-state index < -0.39 is 5.97 Å². The van der Waals surface area contributed by atoms with Crippen LogP contribution in [0.25, 0.3) is 0 Å². The van der Waals surface area contributed by atoms with Gasteiger partial charge < -0.3 is 14.6 Å². The third kappa shape index (κ3) is 4.47. The number of nitrogens with zero attached hydrogens (tertiary/aromatic N) is 1. The van der Waals surface area contributed by atoms with Crippen LogP contribution in [0, 0.1) is 0 Å². The van der Waals surface area contributed by atoms with Gasteiger partial charge in [0.1, 0.15) is 6.61 Å². The van der Waals surface area contributed by atoms with Crippen molar-refractivity contribution in [2.75, 3.05) is 40.0 Å². The molecule has 5 heteroatoms. The minimum Gasteiger partial charge on any atom is -0.480 e. The predicted octanol–water partition coefficient (Wildman–Crippen LogP) is 0.589. The topological polar surface area (TPSA) is 59.0 Å². The van der Waals surface area contributed by atoms with Crippen LogP contribution in [-0.4, -0.2) is 61.5 Å². The van der Waals surface area contributed by atoms with Gasteiger partial charge in [-0.3, -0.25) is 4.90 Å². The Bertz CT molecular complexity index is 226. The molecule has 0 aromatic carbocycles. The molecule has 0 amide bonds. The lowest BCUT2D eigenvalue weighted by Crippen LogP contribution is -2.61. The Morgan fingerprint density at radius 1 is 1.44 bits per heavy atom. The zero-order chi connectivity index (χ0) is 12.0. The van der Waals surface area contributed by atoms with E-state index in [1.165, 1.54) is 0 Å². The summed E-state index contributed by atoms with van der Waals surface area (Å²) < 4.78 is 10.3. The molecule has 1 fully saturated rings. The van der Waals surface area contributed by atoms with Crippen LogP contribution in [0.3, 0.4) is 0 Å². The van der Waals surface area contributed by atoms with Gasteiger partial charge in [0, 0.05) is 26.8 Å². The molecular formula is C11H21NO4. The Morgan fingerprint density at radius 3 is 2.69 bits per heavy atom. The van der Waals surface area contributed by atoms with Gasteiger partial charge in [-0.25, -0.2) is 4.79 Å². The highest BCUT2D eigenvalue weighted by Gasteiger charge is 2.39. The second kappa shape index (κ2) is 6.18. The van der Waals surface area contributed by atoms with Crippen LogP contribution in [-0.2, 0) is 14.3 Å². The minimum atomic E-state index is -0.903. The van der Waals surface area contributed by atoms with Crippen molar-refractivity contribution in [1.82, 2.24) is 4.90 Å². The van der Waals surface area contributed by atoms with Crippen molar-refractivity contribution in [3.05, 3.63) is 0 Å². The molecule has 1 heterocycles. The van der Waals surface area contributed by atoms with E-state index in [-0.39, 0.29) is 12.2 Å². The Labute approximate surface area is 96.3 Å². The molecular weight excluding hydrogens is 210 g/mol. The maximum Gasteiger partial charge on any atom is 0.329 e. The molecule has 1 saturated heterocycles. The first kappa shape index (κ1) is 13.4. The van der Waals surface area contributed by atoms with E-state index in [0.29, 0.717) is 0 Å². The number of methoxy groups -OCH3 is 1. The number of aliphatic carboxylic acids is 1. The van der Waals surface area contributed by atoms with Gasteiger partial charge in [0.15, 0.2) is 0 Å². The molecule has 1 N–H and O–H groups in total. The van der Waals surface area contributed by atoms with Crippen LogP contribution in [0.2, 0.25) is 0 Å². The lowest BCUT2D eigenvalue weighted by atomic mass is 9.96. The first-order chi connectivity index (χ1) is 7.56. The molecule has 0 radical (unpaired) electrons. The first-order valence-corrected chi connectivity index (χ1v) is 5.63. The summed E-state index contributed by atoms with van der Waals surface area (Å²) in [7, 11) is 1.71.